The number of nitrogens with one attached hydrogen (secondary N) is 3. The Hall–Kier alpha value is -3.73. The van der Waals surface area contributed by atoms with Crippen molar-refractivity contribution >= 4 is 45.5 Å². The molecule has 1 atom stereocenters. The largest absolute Gasteiger partial charge is 0.321 e. The first-order chi connectivity index (χ1) is 17.8. The van der Waals surface area contributed by atoms with E-state index in [0.29, 0.717) is 5.69 Å². The number of fused-ring (bicyclic) bond motifs is 1. The van der Waals surface area contributed by atoms with Crippen LogP contribution >= 0.6 is 0 Å². The van der Waals surface area contributed by atoms with Gasteiger partial charge in [0.25, 0.3) is 11.8 Å². The number of para-hydroxylation sites is 1. The number of rotatable bonds is 5. The average Bonchev–Trinajstić information content (AvgIpc) is 3.38. The normalized spacial score (nSPS) is 20.0. The highest BCUT2D eigenvalue weighted by atomic mass is 32.2. The monoisotopic (exact) mass is 539 g/mol. The Morgan fingerprint density at radius 1 is 1.05 bits per heavy atom. The summed E-state index contributed by atoms with van der Waals surface area (Å²) in [5.74, 6) is -1.33. The van der Waals surface area contributed by atoms with Crippen molar-refractivity contribution in [2.75, 3.05) is 17.3 Å². The van der Waals surface area contributed by atoms with Crippen LogP contribution < -0.4 is 20.3 Å². The molecular weight excluding hydrogens is 506 g/mol. The number of urea groups is 1. The maximum absolute atomic E-state index is 13.8. The second-order valence-electron chi connectivity index (χ2n) is 10.6. The number of carbonyl (C=O) groups excluding carboxylic acids is 3. The molecule has 2 aromatic rings. The van der Waals surface area contributed by atoms with E-state index in [1.165, 1.54) is 43.9 Å². The second kappa shape index (κ2) is 10.2. The summed E-state index contributed by atoms with van der Waals surface area (Å²) in [5.41, 5.74) is 0.289. The van der Waals surface area contributed by atoms with Crippen molar-refractivity contribution in [1.29, 1.82) is 0 Å². The lowest BCUT2D eigenvalue weighted by Gasteiger charge is -2.36. The minimum absolute atomic E-state index is 0.0554. The van der Waals surface area contributed by atoms with Crippen LogP contribution in [0.2, 0.25) is 0 Å². The van der Waals surface area contributed by atoms with Crippen molar-refractivity contribution in [3.63, 3.8) is 0 Å². The van der Waals surface area contributed by atoms with Gasteiger partial charge in [0.1, 0.15) is 0 Å². The van der Waals surface area contributed by atoms with E-state index in [9.17, 15) is 22.8 Å². The third kappa shape index (κ3) is 5.28. The molecule has 2 aromatic carbocycles. The molecule has 1 aliphatic carbocycles. The molecule has 10 nitrogen and oxygen atoms in total. The van der Waals surface area contributed by atoms with Crippen molar-refractivity contribution in [1.82, 2.24) is 10.0 Å². The zero-order valence-corrected chi connectivity index (χ0v) is 22.8. The van der Waals surface area contributed by atoms with Gasteiger partial charge in [-0.2, -0.15) is 0 Å². The molecule has 1 saturated carbocycles. The molecule has 11 heteroatoms. The number of likely N-dealkylation sites (N-methyl/N-ethyl adjacent to an activating group) is 1. The van der Waals surface area contributed by atoms with Crippen molar-refractivity contribution in [3.8, 4) is 0 Å². The topological polar surface area (TPSA) is 137 Å². The van der Waals surface area contributed by atoms with Crippen LogP contribution in [0.15, 0.2) is 53.5 Å². The fourth-order valence-electron chi connectivity index (χ4n) is 4.71. The van der Waals surface area contributed by atoms with Gasteiger partial charge in [0.15, 0.2) is 0 Å². The van der Waals surface area contributed by atoms with Crippen LogP contribution in [0.5, 0.6) is 0 Å². The highest BCUT2D eigenvalue weighted by Crippen LogP contribution is 2.39. The quantitative estimate of drug-likeness (QED) is 0.533. The maximum atomic E-state index is 13.8. The number of carbonyl (C=O) groups is 3. The van der Waals surface area contributed by atoms with E-state index in [4.69, 9.17) is 0 Å². The van der Waals surface area contributed by atoms with Gasteiger partial charge in [0.2, 0.25) is 15.7 Å². The zero-order valence-electron chi connectivity index (χ0n) is 21.9. The molecule has 4 rings (SSSR count). The smallest absolute Gasteiger partial charge is 0.311 e. The summed E-state index contributed by atoms with van der Waals surface area (Å²) in [7, 11) is -2.24. The molecule has 1 aliphatic heterocycles. The average molecular weight is 540 g/mol. The van der Waals surface area contributed by atoms with Crippen molar-refractivity contribution in [3.05, 3.63) is 59.7 Å². The van der Waals surface area contributed by atoms with E-state index < -0.39 is 32.4 Å². The van der Waals surface area contributed by atoms with Gasteiger partial charge in [0.05, 0.1) is 10.4 Å². The molecule has 0 saturated heterocycles. The molecule has 38 heavy (non-hydrogen) atoms. The standard InChI is InChI=1S/C27H33N5O5S/c1-26(2,3)38(36,37)31-23(33)18-11-9-14-21(16-18)29-25(35)30-27(20-12-6-7-13-20)24(34)32(4)22-15-8-5-10-19(22)17-28-27/h5,8-11,14-17,20H,6-7,12-13H2,1-4H3,(H,31,33)(H2,29,30,35). The Labute approximate surface area is 223 Å². The van der Waals surface area contributed by atoms with Gasteiger partial charge in [0, 0.05) is 36.0 Å². The van der Waals surface area contributed by atoms with Crippen LogP contribution in [0.25, 0.3) is 0 Å². The lowest BCUT2D eigenvalue weighted by molar-refractivity contribution is -0.126. The Morgan fingerprint density at radius 2 is 1.74 bits per heavy atom. The van der Waals surface area contributed by atoms with E-state index in [-0.39, 0.29) is 23.1 Å². The minimum atomic E-state index is -3.91. The number of benzene rings is 2. The number of sulfonamides is 1. The minimum Gasteiger partial charge on any atom is -0.311 e. The van der Waals surface area contributed by atoms with E-state index in [1.807, 2.05) is 24.3 Å². The number of hydrogen-bond donors (Lipinski definition) is 3. The number of anilines is 2. The van der Waals surface area contributed by atoms with Crippen LogP contribution in [-0.2, 0) is 14.8 Å². The molecule has 1 fully saturated rings. The Bertz CT molecular complexity index is 1390. The molecule has 3 N–H and O–H groups in total. The van der Waals surface area contributed by atoms with Gasteiger partial charge in [-0.15, -0.1) is 0 Å². The summed E-state index contributed by atoms with van der Waals surface area (Å²) in [4.78, 5) is 45.9. The first-order valence-electron chi connectivity index (χ1n) is 12.5. The van der Waals surface area contributed by atoms with E-state index in [2.05, 4.69) is 20.3 Å². The molecular formula is C27H33N5O5S. The predicted molar refractivity (Wildman–Crippen MR) is 147 cm³/mol. The van der Waals surface area contributed by atoms with Gasteiger partial charge in [-0.3, -0.25) is 14.6 Å². The third-order valence-electron chi connectivity index (χ3n) is 7.00. The first-order valence-corrected chi connectivity index (χ1v) is 14.0. The highest BCUT2D eigenvalue weighted by molar-refractivity contribution is 7.91. The number of aliphatic imine (C=N–C) groups is 1. The first kappa shape index (κ1) is 27.3. The van der Waals surface area contributed by atoms with Gasteiger partial charge < -0.3 is 15.5 Å². The molecule has 0 spiro atoms. The summed E-state index contributed by atoms with van der Waals surface area (Å²) < 4.78 is 25.7. The number of hydrogen-bond acceptors (Lipinski definition) is 6. The predicted octanol–water partition coefficient (Wildman–Crippen LogP) is 3.65. The second-order valence-corrected chi connectivity index (χ2v) is 13.1. The van der Waals surface area contributed by atoms with Crippen molar-refractivity contribution < 1.29 is 22.8 Å². The lowest BCUT2D eigenvalue weighted by atomic mass is 9.89. The third-order valence-corrected chi connectivity index (χ3v) is 9.07. The van der Waals surface area contributed by atoms with Gasteiger partial charge in [-0.1, -0.05) is 37.1 Å². The molecule has 0 aromatic heterocycles. The summed E-state index contributed by atoms with van der Waals surface area (Å²) >= 11 is 0. The molecule has 4 amide bonds. The van der Waals surface area contributed by atoms with Gasteiger partial charge >= 0.3 is 6.03 Å². The highest BCUT2D eigenvalue weighted by Gasteiger charge is 2.50. The number of amides is 4. The van der Waals surface area contributed by atoms with E-state index >= 15 is 0 Å². The lowest BCUT2D eigenvalue weighted by Crippen LogP contribution is -2.62. The Kier molecular flexibility index (Phi) is 7.33. The maximum Gasteiger partial charge on any atom is 0.321 e. The van der Waals surface area contributed by atoms with E-state index in [1.54, 1.807) is 19.3 Å². The number of benzodiazepines with no additional fused rings is 1. The molecule has 0 radical (unpaired) electrons. The Balaban J connectivity index is 1.57. The summed E-state index contributed by atoms with van der Waals surface area (Å²) in [6, 6.07) is 12.7. The van der Waals surface area contributed by atoms with Crippen LogP contribution in [0.3, 0.4) is 0 Å². The van der Waals surface area contributed by atoms with Crippen LogP contribution in [0.4, 0.5) is 16.2 Å². The van der Waals surface area contributed by atoms with E-state index in [0.717, 1.165) is 31.2 Å². The zero-order chi connectivity index (χ0) is 27.7. The summed E-state index contributed by atoms with van der Waals surface area (Å²) in [5, 5.41) is 5.53. The van der Waals surface area contributed by atoms with Gasteiger partial charge in [-0.05, 0) is 57.9 Å². The molecule has 2 aliphatic rings. The Morgan fingerprint density at radius 3 is 2.42 bits per heavy atom. The molecule has 1 heterocycles. The summed E-state index contributed by atoms with van der Waals surface area (Å²) in [6.07, 6.45) is 4.99. The van der Waals surface area contributed by atoms with Crippen LogP contribution in [-0.4, -0.2) is 49.9 Å². The van der Waals surface area contributed by atoms with Gasteiger partial charge in [-0.25, -0.2) is 17.9 Å². The molecule has 0 bridgehead atoms. The van der Waals surface area contributed by atoms with Crippen LogP contribution in [0, 0.1) is 5.92 Å². The van der Waals surface area contributed by atoms with Crippen molar-refractivity contribution in [2.45, 2.75) is 56.9 Å². The fraction of sp³-hybridized carbons (Fsp3) is 0.407. The van der Waals surface area contributed by atoms with Crippen LogP contribution in [0.1, 0.15) is 62.4 Å². The number of nitrogens with zero attached hydrogens (tertiary/aromatic N) is 2. The SMILES string of the molecule is CN1C(=O)C(NC(=O)Nc2cccc(C(=O)NS(=O)(=O)C(C)(C)C)c2)(C2CCCC2)N=Cc2ccccc21. The van der Waals surface area contributed by atoms with Crippen molar-refractivity contribution in [2.24, 2.45) is 10.9 Å². The fourth-order valence-corrected chi connectivity index (χ4v) is 5.38. The molecule has 1 unspecified atom stereocenters. The summed E-state index contributed by atoms with van der Waals surface area (Å²) in [6.45, 7) is 4.45. The molecule has 202 valence electrons.